The molecule has 2 rings (SSSR count). The number of hydrogen-bond donors (Lipinski definition) is 1. The largest absolute Gasteiger partial charge is 0.493 e. The lowest BCUT2D eigenvalue weighted by Crippen LogP contribution is -2.23. The van der Waals surface area contributed by atoms with Gasteiger partial charge in [-0.05, 0) is 12.5 Å². The Morgan fingerprint density at radius 3 is 2.60 bits per heavy atom. The second kappa shape index (κ2) is 7.50. The van der Waals surface area contributed by atoms with E-state index in [4.69, 9.17) is 4.74 Å². The van der Waals surface area contributed by atoms with Crippen molar-refractivity contribution in [3.63, 3.8) is 0 Å². The van der Waals surface area contributed by atoms with Crippen LogP contribution < -0.4 is 10.4 Å². The van der Waals surface area contributed by atoms with E-state index in [0.717, 1.165) is 23.6 Å². The van der Waals surface area contributed by atoms with Crippen molar-refractivity contribution in [3.05, 3.63) is 39.8 Å². The lowest BCUT2D eigenvalue weighted by Gasteiger charge is -2.11. The topological polar surface area (TPSA) is 86.4 Å². The van der Waals surface area contributed by atoms with Crippen LogP contribution in [0.4, 0.5) is 4.39 Å². The molecule has 0 unspecified atom stereocenters. The van der Waals surface area contributed by atoms with E-state index in [1.165, 1.54) is 10.6 Å². The summed E-state index contributed by atoms with van der Waals surface area (Å²) in [6.07, 6.45) is 1.60. The molecule has 1 aromatic heterocycles. The van der Waals surface area contributed by atoms with Crippen LogP contribution in [-0.4, -0.2) is 32.0 Å². The standard InChI is InChI=1S/C17H22FN3O4/c1-5-6-7-25-14-9-13(12(18)8-11(14)16(22)23)21-17(24)20(4)15(19-21)10(2)3/h8-10H,5-7H2,1-4H3,(H,22,23). The summed E-state index contributed by atoms with van der Waals surface area (Å²) in [5.74, 6) is -1.66. The van der Waals surface area contributed by atoms with Crippen molar-refractivity contribution in [2.45, 2.75) is 39.5 Å². The molecular formula is C17H22FN3O4. The van der Waals surface area contributed by atoms with Gasteiger partial charge in [-0.1, -0.05) is 27.2 Å². The first-order valence-corrected chi connectivity index (χ1v) is 8.13. The highest BCUT2D eigenvalue weighted by Gasteiger charge is 2.21. The number of carbonyl (C=O) groups is 1. The minimum absolute atomic E-state index is 0.0148. The normalized spacial score (nSPS) is 11.1. The number of benzene rings is 1. The monoisotopic (exact) mass is 351 g/mol. The van der Waals surface area contributed by atoms with Crippen molar-refractivity contribution in [1.82, 2.24) is 14.3 Å². The number of aromatic nitrogens is 3. The summed E-state index contributed by atoms with van der Waals surface area (Å²) in [7, 11) is 1.56. The lowest BCUT2D eigenvalue weighted by atomic mass is 10.1. The van der Waals surface area contributed by atoms with Crippen molar-refractivity contribution in [2.75, 3.05) is 6.61 Å². The van der Waals surface area contributed by atoms with Crippen LogP contribution in [0, 0.1) is 5.82 Å². The summed E-state index contributed by atoms with van der Waals surface area (Å²) in [6, 6.07) is 2.07. The Labute approximate surface area is 144 Å². The molecule has 2 aromatic rings. The number of hydrogen-bond acceptors (Lipinski definition) is 4. The van der Waals surface area contributed by atoms with E-state index >= 15 is 0 Å². The molecule has 0 radical (unpaired) electrons. The third kappa shape index (κ3) is 3.72. The third-order valence-corrected chi connectivity index (χ3v) is 3.79. The smallest absolute Gasteiger partial charge is 0.350 e. The zero-order chi connectivity index (χ0) is 18.7. The zero-order valence-electron chi connectivity index (χ0n) is 14.7. The van der Waals surface area contributed by atoms with E-state index in [1.807, 2.05) is 20.8 Å². The summed E-state index contributed by atoms with van der Waals surface area (Å²) in [6.45, 7) is 6.01. The number of aromatic carboxylic acids is 1. The Bertz CT molecular complexity index is 839. The Morgan fingerprint density at radius 2 is 2.08 bits per heavy atom. The molecule has 136 valence electrons. The Kier molecular flexibility index (Phi) is 5.61. The second-order valence-electron chi connectivity index (χ2n) is 6.07. The first-order valence-electron chi connectivity index (χ1n) is 8.13. The molecule has 0 amide bonds. The number of rotatable bonds is 7. The molecule has 1 N–H and O–H groups in total. The molecule has 0 saturated heterocycles. The molecule has 8 heteroatoms. The fraction of sp³-hybridized carbons (Fsp3) is 0.471. The van der Waals surface area contributed by atoms with E-state index in [9.17, 15) is 19.1 Å². The number of nitrogens with zero attached hydrogens (tertiary/aromatic N) is 3. The number of unbranched alkanes of at least 4 members (excludes halogenated alkanes) is 1. The van der Waals surface area contributed by atoms with Crippen molar-refractivity contribution in [3.8, 4) is 11.4 Å². The number of ether oxygens (including phenoxy) is 1. The van der Waals surface area contributed by atoms with Gasteiger partial charge in [0.2, 0.25) is 0 Å². The minimum atomic E-state index is -1.30. The van der Waals surface area contributed by atoms with Crippen LogP contribution in [0.15, 0.2) is 16.9 Å². The maximum atomic E-state index is 14.5. The van der Waals surface area contributed by atoms with Crippen molar-refractivity contribution in [1.29, 1.82) is 0 Å². The Balaban J connectivity index is 2.59. The van der Waals surface area contributed by atoms with Crippen LogP contribution in [0.1, 0.15) is 55.7 Å². The zero-order valence-corrected chi connectivity index (χ0v) is 14.7. The summed E-state index contributed by atoms with van der Waals surface area (Å²) >= 11 is 0. The van der Waals surface area contributed by atoms with Gasteiger partial charge in [-0.15, -0.1) is 5.10 Å². The highest BCUT2D eigenvalue weighted by Crippen LogP contribution is 2.26. The summed E-state index contributed by atoms with van der Waals surface area (Å²) in [5.41, 5.74) is -0.931. The average molecular weight is 351 g/mol. The van der Waals surface area contributed by atoms with Gasteiger partial charge in [0.1, 0.15) is 28.6 Å². The second-order valence-corrected chi connectivity index (χ2v) is 6.07. The van der Waals surface area contributed by atoms with Crippen LogP contribution in [-0.2, 0) is 7.05 Å². The maximum Gasteiger partial charge on any atom is 0.350 e. The van der Waals surface area contributed by atoms with Gasteiger partial charge in [0.15, 0.2) is 0 Å². The van der Waals surface area contributed by atoms with E-state index in [-0.39, 0.29) is 22.9 Å². The molecule has 0 aliphatic heterocycles. The quantitative estimate of drug-likeness (QED) is 0.775. The molecule has 1 heterocycles. The minimum Gasteiger partial charge on any atom is -0.493 e. The molecule has 7 nitrogen and oxygen atoms in total. The Hall–Kier alpha value is -2.64. The molecule has 25 heavy (non-hydrogen) atoms. The van der Waals surface area contributed by atoms with Crippen LogP contribution in [0.5, 0.6) is 5.75 Å². The number of carboxylic acids is 1. The van der Waals surface area contributed by atoms with Gasteiger partial charge in [-0.2, -0.15) is 4.68 Å². The van der Waals surface area contributed by atoms with Crippen molar-refractivity contribution < 1.29 is 19.0 Å². The summed E-state index contributed by atoms with van der Waals surface area (Å²) < 4.78 is 22.2. The SMILES string of the molecule is CCCCOc1cc(-n2nc(C(C)C)n(C)c2=O)c(F)cc1C(=O)O. The fourth-order valence-electron chi connectivity index (χ4n) is 2.43. The average Bonchev–Trinajstić information content (AvgIpc) is 2.84. The van der Waals surface area contributed by atoms with Gasteiger partial charge in [-0.3, -0.25) is 4.57 Å². The van der Waals surface area contributed by atoms with Crippen LogP contribution in [0.3, 0.4) is 0 Å². The molecule has 0 spiro atoms. The predicted octanol–water partition coefficient (Wildman–Crippen LogP) is 2.71. The number of halogens is 1. The van der Waals surface area contributed by atoms with Gasteiger partial charge in [0.25, 0.3) is 0 Å². The number of carboxylic acid groups (broad SMARTS) is 1. The Morgan fingerprint density at radius 1 is 1.40 bits per heavy atom. The first-order chi connectivity index (χ1) is 11.8. The fourth-order valence-corrected chi connectivity index (χ4v) is 2.43. The van der Waals surface area contributed by atoms with E-state index in [1.54, 1.807) is 7.05 Å². The van der Waals surface area contributed by atoms with Crippen LogP contribution in [0.2, 0.25) is 0 Å². The van der Waals surface area contributed by atoms with Crippen LogP contribution >= 0.6 is 0 Å². The van der Waals surface area contributed by atoms with Gasteiger partial charge in [0.05, 0.1) is 6.61 Å². The predicted molar refractivity (Wildman–Crippen MR) is 90.2 cm³/mol. The summed E-state index contributed by atoms with van der Waals surface area (Å²) in [5, 5.41) is 13.4. The lowest BCUT2D eigenvalue weighted by molar-refractivity contribution is 0.0691. The van der Waals surface area contributed by atoms with Gasteiger partial charge < -0.3 is 9.84 Å². The highest BCUT2D eigenvalue weighted by atomic mass is 19.1. The van der Waals surface area contributed by atoms with E-state index < -0.39 is 17.5 Å². The first kappa shape index (κ1) is 18.7. The van der Waals surface area contributed by atoms with Gasteiger partial charge in [0, 0.05) is 19.0 Å². The van der Waals surface area contributed by atoms with E-state index in [2.05, 4.69) is 5.10 Å². The molecule has 0 fully saturated rings. The molecule has 0 aliphatic rings. The van der Waals surface area contributed by atoms with E-state index in [0.29, 0.717) is 12.4 Å². The highest BCUT2D eigenvalue weighted by molar-refractivity contribution is 5.91. The van der Waals surface area contributed by atoms with Gasteiger partial charge >= 0.3 is 11.7 Å². The molecule has 0 bridgehead atoms. The molecule has 0 saturated carbocycles. The molecule has 0 aliphatic carbocycles. The van der Waals surface area contributed by atoms with Crippen LogP contribution in [0.25, 0.3) is 5.69 Å². The summed E-state index contributed by atoms with van der Waals surface area (Å²) in [4.78, 5) is 23.7. The maximum absolute atomic E-state index is 14.5. The third-order valence-electron chi connectivity index (χ3n) is 3.79. The van der Waals surface area contributed by atoms with Crippen molar-refractivity contribution in [2.24, 2.45) is 7.05 Å². The molecule has 1 aromatic carbocycles. The molecular weight excluding hydrogens is 329 g/mol. The van der Waals surface area contributed by atoms with Gasteiger partial charge in [-0.25, -0.2) is 14.0 Å². The van der Waals surface area contributed by atoms with Crippen molar-refractivity contribution >= 4 is 5.97 Å². The molecule has 0 atom stereocenters.